The van der Waals surface area contributed by atoms with E-state index in [1.165, 1.54) is 0 Å². The molecule has 1 aliphatic rings. The summed E-state index contributed by atoms with van der Waals surface area (Å²) in [6.45, 7) is 0.391. The van der Waals surface area contributed by atoms with E-state index in [9.17, 15) is 4.79 Å². The molecular formula is C16H16N2O2. The minimum Gasteiger partial charge on any atom is -0.480 e. The average molecular weight is 268 g/mol. The lowest BCUT2D eigenvalue weighted by molar-refractivity contribution is -0.122. The molecular weight excluding hydrogens is 252 g/mol. The van der Waals surface area contributed by atoms with Gasteiger partial charge in [0.25, 0.3) is 5.91 Å². The number of benzene rings is 2. The lowest BCUT2D eigenvalue weighted by atomic mass is 10.1. The third kappa shape index (κ3) is 2.38. The summed E-state index contributed by atoms with van der Waals surface area (Å²) < 4.78 is 5.67. The number of carbonyl (C=O) groups is 1. The van der Waals surface area contributed by atoms with Gasteiger partial charge in [0.15, 0.2) is 6.10 Å². The van der Waals surface area contributed by atoms with Crippen LogP contribution >= 0.6 is 0 Å². The molecule has 2 aromatic rings. The number of carbonyl (C=O) groups excluding carboxylic acids is 1. The minimum absolute atomic E-state index is 0.137. The second-order valence-electron chi connectivity index (χ2n) is 4.77. The zero-order chi connectivity index (χ0) is 13.9. The van der Waals surface area contributed by atoms with Gasteiger partial charge >= 0.3 is 0 Å². The van der Waals surface area contributed by atoms with E-state index in [4.69, 9.17) is 10.5 Å². The zero-order valence-corrected chi connectivity index (χ0v) is 11.0. The van der Waals surface area contributed by atoms with Crippen molar-refractivity contribution in [2.45, 2.75) is 19.1 Å². The maximum absolute atomic E-state index is 12.3. The van der Waals surface area contributed by atoms with E-state index in [0.29, 0.717) is 13.0 Å². The summed E-state index contributed by atoms with van der Waals surface area (Å²) in [5, 5.41) is 2.89. The number of fused-ring (bicyclic) bond motifs is 1. The molecule has 0 radical (unpaired) electrons. The number of para-hydroxylation sites is 2. The molecule has 0 saturated carbocycles. The van der Waals surface area contributed by atoms with Crippen LogP contribution in [0.5, 0.6) is 5.75 Å². The van der Waals surface area contributed by atoms with Crippen LogP contribution in [0.1, 0.15) is 11.1 Å². The lowest BCUT2D eigenvalue weighted by Crippen LogP contribution is -2.31. The number of nitrogens with two attached hydrogens (primary N) is 1. The molecule has 1 aliphatic heterocycles. The number of amides is 1. The summed E-state index contributed by atoms with van der Waals surface area (Å²) >= 11 is 0. The largest absolute Gasteiger partial charge is 0.480 e. The number of hydrogen-bond donors (Lipinski definition) is 2. The summed E-state index contributed by atoms with van der Waals surface area (Å²) in [6, 6.07) is 15.3. The summed E-state index contributed by atoms with van der Waals surface area (Å²) in [6.07, 6.45) is 0.130. The highest BCUT2D eigenvalue weighted by Crippen LogP contribution is 2.28. The van der Waals surface area contributed by atoms with Crippen LogP contribution in [0.4, 0.5) is 5.69 Å². The van der Waals surface area contributed by atoms with Gasteiger partial charge in [0.05, 0.1) is 0 Å². The molecule has 3 N–H and O–H groups in total. The Kier molecular flexibility index (Phi) is 3.39. The van der Waals surface area contributed by atoms with E-state index in [-0.39, 0.29) is 5.91 Å². The van der Waals surface area contributed by atoms with Crippen LogP contribution in [-0.2, 0) is 17.8 Å². The van der Waals surface area contributed by atoms with E-state index in [2.05, 4.69) is 5.32 Å². The molecule has 0 aliphatic carbocycles. The quantitative estimate of drug-likeness (QED) is 0.896. The van der Waals surface area contributed by atoms with Crippen molar-refractivity contribution in [2.24, 2.45) is 5.73 Å². The molecule has 0 fully saturated rings. The maximum Gasteiger partial charge on any atom is 0.265 e. The Morgan fingerprint density at radius 2 is 1.95 bits per heavy atom. The fourth-order valence-corrected chi connectivity index (χ4v) is 2.36. The van der Waals surface area contributed by atoms with Gasteiger partial charge in [-0.1, -0.05) is 36.4 Å². The number of nitrogens with one attached hydrogen (secondary N) is 1. The first-order valence-corrected chi connectivity index (χ1v) is 6.61. The van der Waals surface area contributed by atoms with Gasteiger partial charge in [-0.3, -0.25) is 4.79 Å². The normalized spacial score (nSPS) is 16.4. The van der Waals surface area contributed by atoms with Gasteiger partial charge in [0.1, 0.15) is 5.75 Å². The SMILES string of the molecule is NCc1ccccc1NC(=O)C1Cc2ccccc2O1. The van der Waals surface area contributed by atoms with Crippen LogP contribution < -0.4 is 15.8 Å². The van der Waals surface area contributed by atoms with Crippen molar-refractivity contribution >= 4 is 11.6 Å². The van der Waals surface area contributed by atoms with Crippen molar-refractivity contribution in [3.63, 3.8) is 0 Å². The predicted octanol–water partition coefficient (Wildman–Crippen LogP) is 2.09. The molecule has 1 atom stereocenters. The van der Waals surface area contributed by atoms with Crippen molar-refractivity contribution in [3.05, 3.63) is 59.7 Å². The predicted molar refractivity (Wildman–Crippen MR) is 77.5 cm³/mol. The fraction of sp³-hybridized carbons (Fsp3) is 0.188. The standard InChI is InChI=1S/C16H16N2O2/c17-10-12-6-1-3-7-13(12)18-16(19)15-9-11-5-2-4-8-14(11)20-15/h1-8,15H,9-10,17H2,(H,18,19). The molecule has 1 amide bonds. The van der Waals surface area contributed by atoms with Gasteiger partial charge < -0.3 is 15.8 Å². The van der Waals surface area contributed by atoms with E-state index < -0.39 is 6.10 Å². The smallest absolute Gasteiger partial charge is 0.265 e. The topological polar surface area (TPSA) is 64.3 Å². The highest BCUT2D eigenvalue weighted by atomic mass is 16.5. The molecule has 1 unspecified atom stereocenters. The van der Waals surface area contributed by atoms with Gasteiger partial charge in [-0.05, 0) is 23.3 Å². The monoisotopic (exact) mass is 268 g/mol. The summed E-state index contributed by atoms with van der Waals surface area (Å²) in [5.41, 5.74) is 8.40. The van der Waals surface area contributed by atoms with Crippen molar-refractivity contribution < 1.29 is 9.53 Å². The molecule has 2 aromatic carbocycles. The number of rotatable bonds is 3. The fourth-order valence-electron chi connectivity index (χ4n) is 2.36. The van der Waals surface area contributed by atoms with Crippen LogP contribution in [0.25, 0.3) is 0 Å². The first-order chi connectivity index (χ1) is 9.78. The van der Waals surface area contributed by atoms with E-state index in [1.54, 1.807) is 0 Å². The van der Waals surface area contributed by atoms with Crippen molar-refractivity contribution in [1.82, 2.24) is 0 Å². The number of anilines is 1. The molecule has 1 heterocycles. The molecule has 4 heteroatoms. The van der Waals surface area contributed by atoms with Gasteiger partial charge in [0.2, 0.25) is 0 Å². The maximum atomic E-state index is 12.3. The molecule has 0 aromatic heterocycles. The van der Waals surface area contributed by atoms with Crippen LogP contribution in [0, 0.1) is 0 Å². The van der Waals surface area contributed by atoms with Gasteiger partial charge in [0, 0.05) is 18.7 Å². The second-order valence-corrected chi connectivity index (χ2v) is 4.77. The first-order valence-electron chi connectivity index (χ1n) is 6.61. The van der Waals surface area contributed by atoms with E-state index >= 15 is 0 Å². The Morgan fingerprint density at radius 3 is 2.75 bits per heavy atom. The van der Waals surface area contributed by atoms with Crippen LogP contribution in [0.2, 0.25) is 0 Å². The lowest BCUT2D eigenvalue weighted by Gasteiger charge is -2.13. The first kappa shape index (κ1) is 12.7. The molecule has 3 rings (SSSR count). The Morgan fingerprint density at radius 1 is 1.20 bits per heavy atom. The van der Waals surface area contributed by atoms with Gasteiger partial charge in [-0.15, -0.1) is 0 Å². The van der Waals surface area contributed by atoms with Crippen LogP contribution in [0.15, 0.2) is 48.5 Å². The minimum atomic E-state index is -0.474. The molecule has 4 nitrogen and oxygen atoms in total. The van der Waals surface area contributed by atoms with Crippen LogP contribution in [-0.4, -0.2) is 12.0 Å². The Bertz CT molecular complexity index is 615. The zero-order valence-electron chi connectivity index (χ0n) is 11.0. The highest BCUT2D eigenvalue weighted by Gasteiger charge is 2.28. The summed E-state index contributed by atoms with van der Waals surface area (Å²) in [4.78, 5) is 12.3. The van der Waals surface area contributed by atoms with Crippen molar-refractivity contribution in [3.8, 4) is 5.75 Å². The van der Waals surface area contributed by atoms with Crippen molar-refractivity contribution in [2.75, 3.05) is 5.32 Å². The summed E-state index contributed by atoms with van der Waals surface area (Å²) in [5.74, 6) is 0.655. The molecule has 0 bridgehead atoms. The second kappa shape index (κ2) is 5.35. The van der Waals surface area contributed by atoms with Crippen LogP contribution in [0.3, 0.4) is 0 Å². The highest BCUT2D eigenvalue weighted by molar-refractivity contribution is 5.95. The summed E-state index contributed by atoms with van der Waals surface area (Å²) in [7, 11) is 0. The Balaban J connectivity index is 1.72. The van der Waals surface area contributed by atoms with E-state index in [0.717, 1.165) is 22.6 Å². The van der Waals surface area contributed by atoms with Crippen molar-refractivity contribution in [1.29, 1.82) is 0 Å². The van der Waals surface area contributed by atoms with Gasteiger partial charge in [-0.25, -0.2) is 0 Å². The third-order valence-corrected chi connectivity index (χ3v) is 3.43. The van der Waals surface area contributed by atoms with Gasteiger partial charge in [-0.2, -0.15) is 0 Å². The third-order valence-electron chi connectivity index (χ3n) is 3.43. The number of ether oxygens (including phenoxy) is 1. The molecule has 20 heavy (non-hydrogen) atoms. The Hall–Kier alpha value is -2.33. The Labute approximate surface area is 117 Å². The van der Waals surface area contributed by atoms with E-state index in [1.807, 2.05) is 48.5 Å². The number of hydrogen-bond acceptors (Lipinski definition) is 3. The molecule has 0 saturated heterocycles. The molecule has 0 spiro atoms. The molecule has 102 valence electrons. The average Bonchev–Trinajstić information content (AvgIpc) is 2.92.